The Morgan fingerprint density at radius 2 is 2.00 bits per heavy atom. The van der Waals surface area contributed by atoms with Crippen LogP contribution in [0.15, 0.2) is 12.7 Å². The standard InChI is InChI=1S/C3H5F.H3N/c1-2-3-4;/h2H,1,3H2;1H3. The molecule has 3 N–H and O–H groups in total. The Morgan fingerprint density at radius 3 is 2.00 bits per heavy atom. The highest BCUT2D eigenvalue weighted by Crippen LogP contribution is 1.58. The average molecular weight is 77.1 g/mol. The zero-order valence-corrected chi connectivity index (χ0v) is 3.08. The highest BCUT2D eigenvalue weighted by molar-refractivity contribution is 4.61. The molecule has 0 aliphatic rings. The molecule has 5 heavy (non-hydrogen) atoms. The minimum absolute atomic E-state index is 0. The summed E-state index contributed by atoms with van der Waals surface area (Å²) >= 11 is 0. The van der Waals surface area contributed by atoms with Crippen molar-refractivity contribution >= 4 is 0 Å². The molecule has 0 saturated heterocycles. The third-order valence-electron chi connectivity index (χ3n) is 0.109. The predicted molar refractivity (Wildman–Crippen MR) is 21.2 cm³/mol. The van der Waals surface area contributed by atoms with E-state index in [1.807, 2.05) is 0 Å². The number of halogens is 1. The van der Waals surface area contributed by atoms with Gasteiger partial charge in [0.05, 0.1) is 0 Å². The Hall–Kier alpha value is -0.370. The van der Waals surface area contributed by atoms with Crippen LogP contribution in [0.2, 0.25) is 0 Å². The quantitative estimate of drug-likeness (QED) is 0.470. The van der Waals surface area contributed by atoms with Gasteiger partial charge in [-0.2, -0.15) is 0 Å². The average Bonchev–Trinajstić information content (AvgIpc) is 1.37. The highest BCUT2D eigenvalue weighted by Gasteiger charge is 1.49. The van der Waals surface area contributed by atoms with Gasteiger partial charge in [-0.25, -0.2) is 4.39 Å². The molecule has 0 aliphatic heterocycles. The van der Waals surface area contributed by atoms with E-state index < -0.39 is 6.67 Å². The Bertz CT molecular complexity index is 20.9. The third kappa shape index (κ3) is 24.3. The molecular weight excluding hydrogens is 69.0 g/mol. The van der Waals surface area contributed by atoms with Crippen molar-refractivity contribution in [2.24, 2.45) is 0 Å². The lowest BCUT2D eigenvalue weighted by molar-refractivity contribution is 0.562. The molecule has 32 valence electrons. The van der Waals surface area contributed by atoms with E-state index in [1.54, 1.807) is 0 Å². The molecule has 0 saturated carbocycles. The first kappa shape index (κ1) is 8.82. The molecule has 0 fully saturated rings. The van der Waals surface area contributed by atoms with E-state index in [0.29, 0.717) is 0 Å². The molecule has 0 unspecified atom stereocenters. The molecule has 0 radical (unpaired) electrons. The topological polar surface area (TPSA) is 35.0 Å². The Morgan fingerprint density at radius 1 is 1.80 bits per heavy atom. The van der Waals surface area contributed by atoms with E-state index in [9.17, 15) is 4.39 Å². The van der Waals surface area contributed by atoms with Gasteiger partial charge in [0.1, 0.15) is 6.67 Å². The van der Waals surface area contributed by atoms with Crippen molar-refractivity contribution < 1.29 is 4.39 Å². The van der Waals surface area contributed by atoms with Gasteiger partial charge in [-0.15, -0.1) is 6.58 Å². The molecule has 0 bridgehead atoms. The molecule has 0 heterocycles. The van der Waals surface area contributed by atoms with E-state index in [1.165, 1.54) is 6.08 Å². The number of rotatable bonds is 1. The monoisotopic (exact) mass is 77.1 g/mol. The molecule has 0 atom stereocenters. The van der Waals surface area contributed by atoms with Crippen LogP contribution in [0, 0.1) is 0 Å². The van der Waals surface area contributed by atoms with Crippen molar-refractivity contribution in [1.29, 1.82) is 0 Å². The molecule has 0 aromatic carbocycles. The summed E-state index contributed by atoms with van der Waals surface area (Å²) in [5.41, 5.74) is 0. The maximum atomic E-state index is 10.6. The molecule has 0 spiro atoms. The molecule has 0 amide bonds. The van der Waals surface area contributed by atoms with Crippen LogP contribution < -0.4 is 6.15 Å². The van der Waals surface area contributed by atoms with Crippen LogP contribution in [0.3, 0.4) is 0 Å². The number of hydrogen-bond acceptors (Lipinski definition) is 1. The predicted octanol–water partition coefficient (Wildman–Crippen LogP) is 1.30. The summed E-state index contributed by atoms with van der Waals surface area (Å²) in [5.74, 6) is 0. The second kappa shape index (κ2) is 9.45. The number of allylic oxidation sites excluding steroid dienone is 1. The first-order valence-electron chi connectivity index (χ1n) is 1.08. The van der Waals surface area contributed by atoms with Crippen molar-refractivity contribution in [1.82, 2.24) is 6.15 Å². The minimum atomic E-state index is -0.417. The van der Waals surface area contributed by atoms with Gasteiger partial charge in [-0.05, 0) is 0 Å². The van der Waals surface area contributed by atoms with Crippen LogP contribution in [-0.4, -0.2) is 6.67 Å². The molecular formula is C3H8FN. The largest absolute Gasteiger partial charge is 0.344 e. The summed E-state index contributed by atoms with van der Waals surface area (Å²) in [5, 5.41) is 0. The molecule has 0 aromatic heterocycles. The maximum Gasteiger partial charge on any atom is 0.107 e. The van der Waals surface area contributed by atoms with Crippen LogP contribution in [-0.2, 0) is 0 Å². The van der Waals surface area contributed by atoms with E-state index in [0.717, 1.165) is 0 Å². The van der Waals surface area contributed by atoms with E-state index in [2.05, 4.69) is 6.58 Å². The van der Waals surface area contributed by atoms with Crippen molar-refractivity contribution in [2.75, 3.05) is 6.67 Å². The molecule has 2 heteroatoms. The van der Waals surface area contributed by atoms with E-state index >= 15 is 0 Å². The first-order chi connectivity index (χ1) is 1.91. The Labute approximate surface area is 31.1 Å². The lowest BCUT2D eigenvalue weighted by Crippen LogP contribution is -1.48. The van der Waals surface area contributed by atoms with Crippen LogP contribution in [0.25, 0.3) is 0 Å². The summed E-state index contributed by atoms with van der Waals surface area (Å²) < 4.78 is 10.6. The van der Waals surface area contributed by atoms with Gasteiger partial charge < -0.3 is 6.15 Å². The second-order valence-electron chi connectivity index (χ2n) is 0.443. The Balaban J connectivity index is 0. The zero-order chi connectivity index (χ0) is 3.41. The van der Waals surface area contributed by atoms with Gasteiger partial charge in [0.25, 0.3) is 0 Å². The summed E-state index contributed by atoms with van der Waals surface area (Å²) in [6.45, 7) is 2.69. The molecule has 1 nitrogen and oxygen atoms in total. The van der Waals surface area contributed by atoms with Gasteiger partial charge in [0, 0.05) is 0 Å². The van der Waals surface area contributed by atoms with E-state index in [-0.39, 0.29) is 6.15 Å². The van der Waals surface area contributed by atoms with Crippen LogP contribution in [0.5, 0.6) is 0 Å². The fourth-order valence-electron chi connectivity index (χ4n) is 0. The molecule has 0 aliphatic carbocycles. The van der Waals surface area contributed by atoms with E-state index in [4.69, 9.17) is 0 Å². The number of hydrogen-bond donors (Lipinski definition) is 1. The zero-order valence-electron chi connectivity index (χ0n) is 3.08. The van der Waals surface area contributed by atoms with Gasteiger partial charge in [-0.3, -0.25) is 0 Å². The van der Waals surface area contributed by atoms with Crippen LogP contribution in [0.1, 0.15) is 0 Å². The van der Waals surface area contributed by atoms with Crippen molar-refractivity contribution in [3.63, 3.8) is 0 Å². The third-order valence-corrected chi connectivity index (χ3v) is 0.109. The molecule has 0 rings (SSSR count). The van der Waals surface area contributed by atoms with Gasteiger partial charge in [0.2, 0.25) is 0 Å². The van der Waals surface area contributed by atoms with Gasteiger partial charge >= 0.3 is 0 Å². The summed E-state index contributed by atoms with van der Waals surface area (Å²) in [6.07, 6.45) is 1.21. The van der Waals surface area contributed by atoms with Crippen molar-refractivity contribution in [3.05, 3.63) is 12.7 Å². The fraction of sp³-hybridized carbons (Fsp3) is 0.333. The van der Waals surface area contributed by atoms with Crippen molar-refractivity contribution in [2.45, 2.75) is 0 Å². The van der Waals surface area contributed by atoms with Crippen LogP contribution >= 0.6 is 0 Å². The molecule has 0 aromatic rings. The van der Waals surface area contributed by atoms with Crippen molar-refractivity contribution in [3.8, 4) is 0 Å². The van der Waals surface area contributed by atoms with Gasteiger partial charge in [0.15, 0.2) is 0 Å². The summed E-state index contributed by atoms with van der Waals surface area (Å²) in [7, 11) is 0. The maximum absolute atomic E-state index is 10.6. The Kier molecular flexibility index (Phi) is 16.7. The van der Waals surface area contributed by atoms with Gasteiger partial charge in [-0.1, -0.05) is 6.08 Å². The minimum Gasteiger partial charge on any atom is -0.344 e. The lowest BCUT2D eigenvalue weighted by atomic mass is 10.7. The first-order valence-corrected chi connectivity index (χ1v) is 1.08. The summed E-state index contributed by atoms with van der Waals surface area (Å²) in [4.78, 5) is 0. The second-order valence-corrected chi connectivity index (χ2v) is 0.443. The highest BCUT2D eigenvalue weighted by atomic mass is 19.1. The van der Waals surface area contributed by atoms with Crippen LogP contribution in [0.4, 0.5) is 4.39 Å². The lowest BCUT2D eigenvalue weighted by Gasteiger charge is -1.54. The number of alkyl halides is 1. The SMILES string of the molecule is C=CCF.N. The fourth-order valence-corrected chi connectivity index (χ4v) is 0. The summed E-state index contributed by atoms with van der Waals surface area (Å²) in [6, 6.07) is 0. The smallest absolute Gasteiger partial charge is 0.107 e. The normalized spacial score (nSPS) is 5.00.